The molecular weight excluding hydrogens is 414 g/mol. The van der Waals surface area contributed by atoms with Gasteiger partial charge in [0.2, 0.25) is 0 Å². The summed E-state index contributed by atoms with van der Waals surface area (Å²) in [6.07, 6.45) is 1.65. The quantitative estimate of drug-likeness (QED) is 0.668. The SMILES string of the molecule is COC(=O)CC[C@H](NC(=O)N1CCc2[nH]cnc2[C@@H]1c1cccc(F)c1F)C(=O)OC. The van der Waals surface area contributed by atoms with E-state index in [4.69, 9.17) is 4.74 Å². The highest BCUT2D eigenvalue weighted by molar-refractivity contribution is 5.84. The number of halogens is 2. The van der Waals surface area contributed by atoms with Crippen LogP contribution in [0.2, 0.25) is 0 Å². The normalized spacial score (nSPS) is 16.3. The fourth-order valence-corrected chi connectivity index (χ4v) is 3.53. The average Bonchev–Trinajstić information content (AvgIpc) is 3.26. The Morgan fingerprint density at radius 2 is 2.06 bits per heavy atom. The highest BCUT2D eigenvalue weighted by atomic mass is 19.2. The Labute approximate surface area is 176 Å². The number of imidazole rings is 1. The summed E-state index contributed by atoms with van der Waals surface area (Å²) in [5.41, 5.74) is 1.02. The van der Waals surface area contributed by atoms with Crippen LogP contribution in [0.1, 0.15) is 35.8 Å². The molecule has 1 aromatic carbocycles. The molecule has 31 heavy (non-hydrogen) atoms. The van der Waals surface area contributed by atoms with Crippen molar-refractivity contribution in [1.29, 1.82) is 0 Å². The van der Waals surface area contributed by atoms with Crippen LogP contribution in [0.3, 0.4) is 0 Å². The lowest BCUT2D eigenvalue weighted by Gasteiger charge is -2.36. The molecule has 0 spiro atoms. The van der Waals surface area contributed by atoms with E-state index in [0.29, 0.717) is 17.8 Å². The van der Waals surface area contributed by atoms with Gasteiger partial charge in [-0.1, -0.05) is 12.1 Å². The largest absolute Gasteiger partial charge is 0.469 e. The van der Waals surface area contributed by atoms with Gasteiger partial charge < -0.3 is 24.7 Å². The maximum absolute atomic E-state index is 14.6. The molecule has 2 N–H and O–H groups in total. The number of urea groups is 1. The zero-order valence-corrected chi connectivity index (χ0v) is 17.0. The smallest absolute Gasteiger partial charge is 0.328 e. The van der Waals surface area contributed by atoms with Crippen molar-refractivity contribution in [3.05, 3.63) is 53.1 Å². The molecule has 1 aliphatic rings. The summed E-state index contributed by atoms with van der Waals surface area (Å²) >= 11 is 0. The fourth-order valence-electron chi connectivity index (χ4n) is 3.53. The van der Waals surface area contributed by atoms with Gasteiger partial charge in [-0.15, -0.1) is 0 Å². The molecule has 1 aliphatic heterocycles. The molecule has 2 aromatic rings. The van der Waals surface area contributed by atoms with E-state index in [1.54, 1.807) is 0 Å². The number of esters is 2. The van der Waals surface area contributed by atoms with Crippen molar-refractivity contribution in [2.75, 3.05) is 20.8 Å². The topological polar surface area (TPSA) is 114 Å². The monoisotopic (exact) mass is 436 g/mol. The maximum atomic E-state index is 14.6. The van der Waals surface area contributed by atoms with Crippen LogP contribution < -0.4 is 5.32 Å². The molecule has 9 nitrogen and oxygen atoms in total. The molecule has 0 saturated heterocycles. The second-order valence-electron chi connectivity index (χ2n) is 6.90. The average molecular weight is 436 g/mol. The molecule has 1 aromatic heterocycles. The minimum atomic E-state index is -1.13. The predicted octanol–water partition coefficient (Wildman–Crippen LogP) is 1.84. The van der Waals surface area contributed by atoms with E-state index < -0.39 is 41.7 Å². The predicted molar refractivity (Wildman–Crippen MR) is 103 cm³/mol. The third-order valence-corrected chi connectivity index (χ3v) is 5.11. The molecule has 0 bridgehead atoms. The van der Waals surface area contributed by atoms with Gasteiger partial charge in [-0.3, -0.25) is 4.79 Å². The Bertz CT molecular complexity index is 980. The van der Waals surface area contributed by atoms with Crippen molar-refractivity contribution in [3.63, 3.8) is 0 Å². The number of rotatable bonds is 6. The zero-order valence-electron chi connectivity index (χ0n) is 17.0. The van der Waals surface area contributed by atoms with Crippen molar-refractivity contribution < 1.29 is 32.6 Å². The van der Waals surface area contributed by atoms with Gasteiger partial charge in [0, 0.05) is 30.6 Å². The van der Waals surface area contributed by atoms with Crippen LogP contribution in [0.15, 0.2) is 24.5 Å². The Hall–Kier alpha value is -3.50. The van der Waals surface area contributed by atoms with Gasteiger partial charge in [0.05, 0.1) is 26.2 Å². The van der Waals surface area contributed by atoms with Crippen LogP contribution in [-0.2, 0) is 25.5 Å². The Balaban J connectivity index is 1.89. The lowest BCUT2D eigenvalue weighted by Crippen LogP contribution is -2.51. The summed E-state index contributed by atoms with van der Waals surface area (Å²) in [5.74, 6) is -3.44. The first kappa shape index (κ1) is 22.2. The Morgan fingerprint density at radius 3 is 2.77 bits per heavy atom. The van der Waals surface area contributed by atoms with E-state index in [0.717, 1.165) is 13.2 Å². The number of methoxy groups -OCH3 is 2. The second kappa shape index (κ2) is 9.54. The Morgan fingerprint density at radius 1 is 1.29 bits per heavy atom. The van der Waals surface area contributed by atoms with Gasteiger partial charge in [0.1, 0.15) is 12.1 Å². The van der Waals surface area contributed by atoms with E-state index in [-0.39, 0.29) is 24.9 Å². The molecular formula is C20H22F2N4O5. The first-order valence-electron chi connectivity index (χ1n) is 9.55. The number of carbonyl (C=O) groups excluding carboxylic acids is 3. The summed E-state index contributed by atoms with van der Waals surface area (Å²) < 4.78 is 37.8. The molecule has 0 unspecified atom stereocenters. The first-order chi connectivity index (χ1) is 14.9. The van der Waals surface area contributed by atoms with Gasteiger partial charge in [-0.25, -0.2) is 23.4 Å². The molecule has 166 valence electrons. The minimum absolute atomic E-state index is 0.0500. The Kier molecular flexibility index (Phi) is 6.83. The van der Waals surface area contributed by atoms with E-state index in [1.165, 1.54) is 30.5 Å². The number of hydrogen-bond acceptors (Lipinski definition) is 6. The second-order valence-corrected chi connectivity index (χ2v) is 6.90. The van der Waals surface area contributed by atoms with Crippen LogP contribution in [0, 0.1) is 11.6 Å². The van der Waals surface area contributed by atoms with Crippen LogP contribution in [0.5, 0.6) is 0 Å². The molecule has 2 heterocycles. The number of aromatic nitrogens is 2. The van der Waals surface area contributed by atoms with Gasteiger partial charge >= 0.3 is 18.0 Å². The molecule has 0 aliphatic carbocycles. The summed E-state index contributed by atoms with van der Waals surface area (Å²) in [4.78, 5) is 45.1. The molecule has 0 fully saturated rings. The van der Waals surface area contributed by atoms with E-state index in [1.807, 2.05) is 0 Å². The molecule has 11 heteroatoms. The number of H-pyrrole nitrogens is 1. The number of nitrogens with zero attached hydrogens (tertiary/aromatic N) is 2. The van der Waals surface area contributed by atoms with Crippen LogP contribution in [0.4, 0.5) is 13.6 Å². The molecule has 0 saturated carbocycles. The summed E-state index contributed by atoms with van der Waals surface area (Å²) in [6, 6.07) is 0.862. The van der Waals surface area contributed by atoms with Gasteiger partial charge in [0.25, 0.3) is 0 Å². The van der Waals surface area contributed by atoms with Crippen molar-refractivity contribution >= 4 is 18.0 Å². The van der Waals surface area contributed by atoms with Gasteiger partial charge in [0.15, 0.2) is 11.6 Å². The van der Waals surface area contributed by atoms with Crippen molar-refractivity contribution in [2.24, 2.45) is 0 Å². The molecule has 2 amide bonds. The number of amides is 2. The summed E-state index contributed by atoms with van der Waals surface area (Å²) in [5, 5.41) is 2.52. The van der Waals surface area contributed by atoms with Gasteiger partial charge in [-0.05, 0) is 12.5 Å². The number of fused-ring (bicyclic) bond motifs is 1. The highest BCUT2D eigenvalue weighted by Gasteiger charge is 2.37. The highest BCUT2D eigenvalue weighted by Crippen LogP contribution is 2.35. The molecule has 2 atom stereocenters. The van der Waals surface area contributed by atoms with Crippen molar-refractivity contribution in [2.45, 2.75) is 31.3 Å². The third kappa shape index (κ3) is 4.65. The number of benzene rings is 1. The standard InChI is InChI=1S/C20H22F2N4O5/c1-30-15(27)7-6-14(19(28)31-2)25-20(29)26-9-8-13-17(24-10-23-13)18(26)11-4-3-5-12(21)16(11)22/h3-5,10,14,18H,6-9H2,1-2H3,(H,23,24)(H,25,29)/t14-,18-/m0/s1. The lowest BCUT2D eigenvalue weighted by atomic mass is 9.95. The van der Waals surface area contributed by atoms with Crippen LogP contribution >= 0.6 is 0 Å². The van der Waals surface area contributed by atoms with E-state index in [9.17, 15) is 23.2 Å². The lowest BCUT2D eigenvalue weighted by molar-refractivity contribution is -0.144. The first-order valence-corrected chi connectivity index (χ1v) is 9.55. The minimum Gasteiger partial charge on any atom is -0.469 e. The molecule has 3 rings (SSSR count). The third-order valence-electron chi connectivity index (χ3n) is 5.11. The summed E-state index contributed by atoms with van der Waals surface area (Å²) in [7, 11) is 2.36. The number of carbonyl (C=O) groups is 3. The van der Waals surface area contributed by atoms with Crippen molar-refractivity contribution in [1.82, 2.24) is 20.2 Å². The van der Waals surface area contributed by atoms with Crippen molar-refractivity contribution in [3.8, 4) is 0 Å². The number of hydrogen-bond donors (Lipinski definition) is 2. The number of nitrogens with one attached hydrogen (secondary N) is 2. The summed E-state index contributed by atoms with van der Waals surface area (Å²) in [6.45, 7) is 0.159. The van der Waals surface area contributed by atoms with E-state index in [2.05, 4.69) is 20.0 Å². The van der Waals surface area contributed by atoms with Gasteiger partial charge in [-0.2, -0.15) is 0 Å². The van der Waals surface area contributed by atoms with Crippen LogP contribution in [0.25, 0.3) is 0 Å². The number of ether oxygens (including phenoxy) is 2. The molecule has 0 radical (unpaired) electrons. The number of aromatic amines is 1. The van der Waals surface area contributed by atoms with Crippen LogP contribution in [-0.4, -0.2) is 59.6 Å². The zero-order chi connectivity index (χ0) is 22.5. The fraction of sp³-hybridized carbons (Fsp3) is 0.400. The van der Waals surface area contributed by atoms with E-state index >= 15 is 0 Å². The maximum Gasteiger partial charge on any atom is 0.328 e.